The van der Waals surface area contributed by atoms with Crippen LogP contribution in [0.15, 0.2) is 42.5 Å². The van der Waals surface area contributed by atoms with Crippen molar-refractivity contribution in [1.82, 2.24) is 0 Å². The van der Waals surface area contributed by atoms with Crippen molar-refractivity contribution < 1.29 is 31.1 Å². The first kappa shape index (κ1) is 16.1. The third-order valence-electron chi connectivity index (χ3n) is 3.03. The molecule has 0 heterocycles. The molecule has 1 nitrogen and oxygen atoms in total. The fourth-order valence-electron chi connectivity index (χ4n) is 1.94. The Morgan fingerprint density at radius 1 is 0.727 bits per heavy atom. The highest BCUT2D eigenvalue weighted by molar-refractivity contribution is 5.80. The van der Waals surface area contributed by atoms with E-state index in [0.717, 1.165) is 36.4 Å². The van der Waals surface area contributed by atoms with Crippen LogP contribution in [-0.4, -0.2) is 6.29 Å². The molecule has 0 radical (unpaired) electrons. The molecular weight excluding hydrogens is 310 g/mol. The van der Waals surface area contributed by atoms with Crippen molar-refractivity contribution in [1.29, 1.82) is 0 Å². The Kier molecular flexibility index (Phi) is 4.00. The Labute approximate surface area is 121 Å². The lowest BCUT2D eigenvalue weighted by Crippen LogP contribution is -2.09. The minimum absolute atomic E-state index is 0.0756. The summed E-state index contributed by atoms with van der Waals surface area (Å²) in [6.45, 7) is 0. The standard InChI is InChI=1S/C15H8F6O/c16-14(17,18)12-5-3-9(4-6-12)10-1-2-11(8-22)13(7-10)15(19,20)21/h1-8H. The largest absolute Gasteiger partial charge is 0.417 e. The van der Waals surface area contributed by atoms with E-state index in [-0.39, 0.29) is 17.4 Å². The van der Waals surface area contributed by atoms with Crippen molar-refractivity contribution in [3.8, 4) is 11.1 Å². The summed E-state index contributed by atoms with van der Waals surface area (Å²) >= 11 is 0. The van der Waals surface area contributed by atoms with Gasteiger partial charge in [0.25, 0.3) is 0 Å². The summed E-state index contributed by atoms with van der Waals surface area (Å²) in [6, 6.07) is 6.72. The lowest BCUT2D eigenvalue weighted by atomic mass is 9.98. The molecule has 2 rings (SSSR count). The number of alkyl halides is 6. The van der Waals surface area contributed by atoms with Crippen LogP contribution in [0.2, 0.25) is 0 Å². The van der Waals surface area contributed by atoms with Crippen LogP contribution in [0.25, 0.3) is 11.1 Å². The molecular formula is C15H8F6O. The van der Waals surface area contributed by atoms with Gasteiger partial charge in [-0.25, -0.2) is 0 Å². The molecule has 0 N–H and O–H groups in total. The van der Waals surface area contributed by atoms with Gasteiger partial charge in [-0.2, -0.15) is 26.3 Å². The predicted molar refractivity (Wildman–Crippen MR) is 67.3 cm³/mol. The van der Waals surface area contributed by atoms with Crippen LogP contribution in [0.5, 0.6) is 0 Å². The van der Waals surface area contributed by atoms with E-state index in [4.69, 9.17) is 0 Å². The Balaban J connectivity index is 2.48. The number of aldehydes is 1. The highest BCUT2D eigenvalue weighted by Gasteiger charge is 2.34. The lowest BCUT2D eigenvalue weighted by Gasteiger charge is -2.12. The van der Waals surface area contributed by atoms with Crippen LogP contribution in [0.3, 0.4) is 0 Å². The average molecular weight is 318 g/mol. The third kappa shape index (κ3) is 3.29. The van der Waals surface area contributed by atoms with Crippen molar-refractivity contribution in [2.45, 2.75) is 12.4 Å². The van der Waals surface area contributed by atoms with Crippen molar-refractivity contribution in [3.05, 3.63) is 59.2 Å². The second-order valence-corrected chi connectivity index (χ2v) is 4.49. The second-order valence-electron chi connectivity index (χ2n) is 4.49. The average Bonchev–Trinajstić information content (AvgIpc) is 2.45. The van der Waals surface area contributed by atoms with Gasteiger partial charge in [0.1, 0.15) is 0 Å². The summed E-state index contributed by atoms with van der Waals surface area (Å²) in [5.41, 5.74) is -2.28. The van der Waals surface area contributed by atoms with E-state index >= 15 is 0 Å². The molecule has 0 atom stereocenters. The molecule has 0 amide bonds. The first-order chi connectivity index (χ1) is 10.1. The number of carbonyl (C=O) groups is 1. The molecule has 0 aliphatic heterocycles. The molecule has 0 aliphatic rings. The van der Waals surface area contributed by atoms with Crippen LogP contribution in [0.1, 0.15) is 21.5 Å². The van der Waals surface area contributed by atoms with Gasteiger partial charge in [-0.1, -0.05) is 24.3 Å². The van der Waals surface area contributed by atoms with E-state index in [0.29, 0.717) is 0 Å². The molecule has 0 aromatic heterocycles. The van der Waals surface area contributed by atoms with Gasteiger partial charge in [-0.05, 0) is 29.3 Å². The summed E-state index contributed by atoms with van der Waals surface area (Å²) < 4.78 is 75.9. The maximum absolute atomic E-state index is 12.8. The zero-order valence-electron chi connectivity index (χ0n) is 10.8. The SMILES string of the molecule is O=Cc1ccc(-c2ccc(C(F)(F)F)cc2)cc1C(F)(F)F. The Morgan fingerprint density at radius 3 is 1.73 bits per heavy atom. The number of hydrogen-bond donors (Lipinski definition) is 0. The molecule has 0 saturated carbocycles. The first-order valence-electron chi connectivity index (χ1n) is 5.97. The van der Waals surface area contributed by atoms with E-state index in [1.165, 1.54) is 6.07 Å². The minimum Gasteiger partial charge on any atom is -0.298 e. The highest BCUT2D eigenvalue weighted by atomic mass is 19.4. The maximum Gasteiger partial charge on any atom is 0.417 e. The summed E-state index contributed by atoms with van der Waals surface area (Å²) in [6.07, 6.45) is -9.16. The Morgan fingerprint density at radius 2 is 1.27 bits per heavy atom. The number of rotatable bonds is 2. The van der Waals surface area contributed by atoms with Crippen LogP contribution in [0.4, 0.5) is 26.3 Å². The quantitative estimate of drug-likeness (QED) is 0.549. The van der Waals surface area contributed by atoms with Gasteiger partial charge in [-0.3, -0.25) is 4.79 Å². The van der Waals surface area contributed by atoms with Gasteiger partial charge < -0.3 is 0 Å². The molecule has 0 saturated heterocycles. The topological polar surface area (TPSA) is 17.1 Å². The molecule has 0 fully saturated rings. The summed E-state index contributed by atoms with van der Waals surface area (Å²) in [4.78, 5) is 10.7. The van der Waals surface area contributed by atoms with E-state index in [1.807, 2.05) is 0 Å². The lowest BCUT2D eigenvalue weighted by molar-refractivity contribution is -0.138. The van der Waals surface area contributed by atoms with Crippen molar-refractivity contribution >= 4 is 6.29 Å². The van der Waals surface area contributed by atoms with Crippen LogP contribution in [0, 0.1) is 0 Å². The highest BCUT2D eigenvalue weighted by Crippen LogP contribution is 2.35. The molecule has 2 aromatic carbocycles. The zero-order chi connectivity index (χ0) is 16.5. The van der Waals surface area contributed by atoms with Crippen LogP contribution in [-0.2, 0) is 12.4 Å². The van der Waals surface area contributed by atoms with Crippen LogP contribution < -0.4 is 0 Å². The second kappa shape index (κ2) is 5.47. The fourth-order valence-corrected chi connectivity index (χ4v) is 1.94. The van der Waals surface area contributed by atoms with Crippen molar-refractivity contribution in [2.75, 3.05) is 0 Å². The van der Waals surface area contributed by atoms with Gasteiger partial charge in [0.2, 0.25) is 0 Å². The maximum atomic E-state index is 12.8. The normalized spacial score (nSPS) is 12.3. The number of hydrogen-bond acceptors (Lipinski definition) is 1. The molecule has 0 unspecified atom stereocenters. The molecule has 0 bridgehead atoms. The van der Waals surface area contributed by atoms with Gasteiger partial charge in [0, 0.05) is 5.56 Å². The molecule has 116 valence electrons. The van der Waals surface area contributed by atoms with E-state index in [2.05, 4.69) is 0 Å². The van der Waals surface area contributed by atoms with E-state index in [9.17, 15) is 31.1 Å². The Hall–Kier alpha value is -2.31. The minimum atomic E-state index is -4.72. The summed E-state index contributed by atoms with van der Waals surface area (Å²) in [7, 11) is 0. The number of halogens is 6. The van der Waals surface area contributed by atoms with Gasteiger partial charge in [0.15, 0.2) is 6.29 Å². The molecule has 22 heavy (non-hydrogen) atoms. The number of benzene rings is 2. The molecule has 0 aliphatic carbocycles. The van der Waals surface area contributed by atoms with Crippen molar-refractivity contribution in [3.63, 3.8) is 0 Å². The van der Waals surface area contributed by atoms with E-state index in [1.54, 1.807) is 0 Å². The van der Waals surface area contributed by atoms with E-state index < -0.39 is 29.0 Å². The molecule has 0 spiro atoms. The number of carbonyl (C=O) groups excluding carboxylic acids is 1. The molecule has 7 heteroatoms. The van der Waals surface area contributed by atoms with Gasteiger partial charge >= 0.3 is 12.4 Å². The summed E-state index contributed by atoms with van der Waals surface area (Å²) in [5, 5.41) is 0. The van der Waals surface area contributed by atoms with Gasteiger partial charge in [0.05, 0.1) is 11.1 Å². The monoisotopic (exact) mass is 318 g/mol. The summed E-state index contributed by atoms with van der Waals surface area (Å²) in [5.74, 6) is 0. The Bertz CT molecular complexity index is 683. The zero-order valence-corrected chi connectivity index (χ0v) is 10.8. The fraction of sp³-hybridized carbons (Fsp3) is 0.133. The van der Waals surface area contributed by atoms with Crippen molar-refractivity contribution in [2.24, 2.45) is 0 Å². The first-order valence-corrected chi connectivity index (χ1v) is 5.97. The smallest absolute Gasteiger partial charge is 0.298 e. The molecule has 2 aromatic rings. The van der Waals surface area contributed by atoms with Gasteiger partial charge in [-0.15, -0.1) is 0 Å². The predicted octanol–water partition coefficient (Wildman–Crippen LogP) is 5.20. The van der Waals surface area contributed by atoms with Crippen LogP contribution >= 0.6 is 0 Å². The third-order valence-corrected chi connectivity index (χ3v) is 3.03.